The molecule has 0 saturated carbocycles. The van der Waals surface area contributed by atoms with Gasteiger partial charge in [0.1, 0.15) is 0 Å². The number of fused-ring (bicyclic) bond motifs is 1. The first kappa shape index (κ1) is 16.8. The topological polar surface area (TPSA) is 93.6 Å². The summed E-state index contributed by atoms with van der Waals surface area (Å²) in [5.74, 6) is 1.94. The Balaban J connectivity index is 1.30. The Kier molecular flexibility index (Phi) is 4.17. The van der Waals surface area contributed by atoms with Gasteiger partial charge in [-0.15, -0.1) is 20.4 Å². The summed E-state index contributed by atoms with van der Waals surface area (Å²) in [6.45, 7) is 2.04. The van der Waals surface area contributed by atoms with Gasteiger partial charge in [-0.3, -0.25) is 0 Å². The lowest BCUT2D eigenvalue weighted by Crippen LogP contribution is -1.80. The molecule has 0 amide bonds. The molecule has 1 N–H and O–H groups in total. The third-order valence-electron chi connectivity index (χ3n) is 4.31. The number of thioether (sulfide) groups is 1. The zero-order chi connectivity index (χ0) is 18.9. The van der Waals surface area contributed by atoms with Gasteiger partial charge in [-0.1, -0.05) is 47.7 Å². The van der Waals surface area contributed by atoms with Gasteiger partial charge in [0.2, 0.25) is 11.8 Å². The van der Waals surface area contributed by atoms with Crippen LogP contribution in [-0.2, 0) is 5.75 Å². The lowest BCUT2D eigenvalue weighted by atomic mass is 10.1. The van der Waals surface area contributed by atoms with E-state index < -0.39 is 0 Å². The number of aromatic amines is 1. The molecule has 0 aliphatic heterocycles. The van der Waals surface area contributed by atoms with Crippen LogP contribution >= 0.6 is 11.8 Å². The molecule has 0 radical (unpaired) electrons. The molecule has 28 heavy (non-hydrogen) atoms. The lowest BCUT2D eigenvalue weighted by molar-refractivity contribution is 0.464. The molecule has 0 saturated heterocycles. The van der Waals surface area contributed by atoms with Crippen molar-refractivity contribution < 1.29 is 8.83 Å². The number of aromatic nitrogens is 5. The normalized spacial score (nSPS) is 11.3. The molecule has 0 aliphatic rings. The van der Waals surface area contributed by atoms with E-state index in [-0.39, 0.29) is 0 Å². The highest BCUT2D eigenvalue weighted by molar-refractivity contribution is 7.98. The summed E-state index contributed by atoms with van der Waals surface area (Å²) in [7, 11) is 0. The molecule has 0 fully saturated rings. The summed E-state index contributed by atoms with van der Waals surface area (Å²) in [6, 6.07) is 15.9. The molecule has 8 heteroatoms. The molecule has 138 valence electrons. The number of nitrogens with one attached hydrogen (secondary N) is 1. The number of nitrogens with zero attached hydrogens (tertiary/aromatic N) is 4. The van der Waals surface area contributed by atoms with Crippen molar-refractivity contribution in [1.82, 2.24) is 25.4 Å². The van der Waals surface area contributed by atoms with Crippen molar-refractivity contribution in [2.75, 3.05) is 0 Å². The van der Waals surface area contributed by atoms with Crippen molar-refractivity contribution in [3.05, 3.63) is 66.2 Å². The largest absolute Gasteiger partial charge is 0.420 e. The fourth-order valence-corrected chi connectivity index (χ4v) is 3.47. The van der Waals surface area contributed by atoms with Crippen molar-refractivity contribution in [3.63, 3.8) is 0 Å². The highest BCUT2D eigenvalue weighted by Crippen LogP contribution is 2.30. The van der Waals surface area contributed by atoms with Crippen molar-refractivity contribution in [2.24, 2.45) is 0 Å². The first-order valence-corrected chi connectivity index (χ1v) is 9.67. The summed E-state index contributed by atoms with van der Waals surface area (Å²) in [4.78, 5) is 3.21. The molecular weight excluding hydrogens is 374 g/mol. The Bertz CT molecular complexity index is 1240. The van der Waals surface area contributed by atoms with Crippen molar-refractivity contribution in [1.29, 1.82) is 0 Å². The molecule has 0 spiro atoms. The van der Waals surface area contributed by atoms with E-state index in [2.05, 4.69) is 25.4 Å². The summed E-state index contributed by atoms with van der Waals surface area (Å²) in [6.07, 6.45) is 1.87. The Morgan fingerprint density at radius 3 is 2.61 bits per heavy atom. The summed E-state index contributed by atoms with van der Waals surface area (Å²) in [5, 5.41) is 18.0. The van der Waals surface area contributed by atoms with E-state index in [0.29, 0.717) is 28.6 Å². The van der Waals surface area contributed by atoms with Crippen LogP contribution in [0.1, 0.15) is 11.5 Å². The Morgan fingerprint density at radius 2 is 1.71 bits per heavy atom. The van der Waals surface area contributed by atoms with Crippen LogP contribution in [0.25, 0.3) is 33.8 Å². The molecule has 0 aliphatic carbocycles. The molecule has 3 aromatic heterocycles. The van der Waals surface area contributed by atoms with Gasteiger partial charge in [0.15, 0.2) is 0 Å². The number of para-hydroxylation sites is 1. The number of hydrogen-bond donors (Lipinski definition) is 1. The first-order valence-electron chi connectivity index (χ1n) is 8.68. The van der Waals surface area contributed by atoms with Crippen molar-refractivity contribution >= 4 is 22.7 Å². The van der Waals surface area contributed by atoms with E-state index in [1.165, 1.54) is 17.3 Å². The zero-order valence-electron chi connectivity index (χ0n) is 14.9. The molecule has 3 heterocycles. The third kappa shape index (κ3) is 3.18. The van der Waals surface area contributed by atoms with Crippen molar-refractivity contribution in [3.8, 4) is 22.9 Å². The van der Waals surface area contributed by atoms with Crippen LogP contribution in [0.15, 0.2) is 68.8 Å². The maximum Gasteiger partial charge on any atom is 0.277 e. The second-order valence-corrected chi connectivity index (χ2v) is 7.20. The monoisotopic (exact) mass is 389 g/mol. The smallest absolute Gasteiger partial charge is 0.277 e. The quantitative estimate of drug-likeness (QED) is 0.429. The molecular formula is C20H15N5O2S. The van der Waals surface area contributed by atoms with Crippen LogP contribution in [0.2, 0.25) is 0 Å². The van der Waals surface area contributed by atoms with Gasteiger partial charge in [0.25, 0.3) is 11.1 Å². The summed E-state index contributed by atoms with van der Waals surface area (Å²) in [5.41, 5.74) is 3.99. The number of hydrogen-bond acceptors (Lipinski definition) is 7. The van der Waals surface area contributed by atoms with Crippen LogP contribution < -0.4 is 0 Å². The van der Waals surface area contributed by atoms with Gasteiger partial charge in [0, 0.05) is 22.7 Å². The molecule has 0 bridgehead atoms. The molecule has 5 rings (SSSR count). The highest BCUT2D eigenvalue weighted by Gasteiger charge is 2.15. The van der Waals surface area contributed by atoms with Gasteiger partial charge in [0.05, 0.1) is 11.3 Å². The van der Waals surface area contributed by atoms with E-state index in [1.54, 1.807) is 0 Å². The fraction of sp³-hybridized carbons (Fsp3) is 0.100. The first-order chi connectivity index (χ1) is 13.8. The summed E-state index contributed by atoms with van der Waals surface area (Å²) >= 11 is 1.36. The van der Waals surface area contributed by atoms with Crippen LogP contribution in [0.4, 0.5) is 0 Å². The number of H-pyrrole nitrogens is 1. The maximum atomic E-state index is 5.79. The fourth-order valence-electron chi connectivity index (χ4n) is 2.87. The standard InChI is InChI=1S/C20H15N5O2S/c1-12-6-8-13(9-7-12)18-23-22-17(26-18)11-28-20-25-24-19(27-20)15-10-21-16-5-3-2-4-14(15)16/h2-10,21H,11H2,1H3. The van der Waals surface area contributed by atoms with Gasteiger partial charge >= 0.3 is 0 Å². The van der Waals surface area contributed by atoms with Crippen LogP contribution in [0, 0.1) is 6.92 Å². The van der Waals surface area contributed by atoms with E-state index in [9.17, 15) is 0 Å². The lowest BCUT2D eigenvalue weighted by Gasteiger charge is -1.95. The molecule has 0 atom stereocenters. The van der Waals surface area contributed by atoms with Gasteiger partial charge in [-0.05, 0) is 25.1 Å². The Hall–Kier alpha value is -3.39. The average molecular weight is 389 g/mol. The summed E-state index contributed by atoms with van der Waals surface area (Å²) < 4.78 is 11.5. The van der Waals surface area contributed by atoms with Gasteiger partial charge in [-0.25, -0.2) is 0 Å². The third-order valence-corrected chi connectivity index (χ3v) is 5.11. The Labute approximate surface area is 164 Å². The molecule has 7 nitrogen and oxygen atoms in total. The number of rotatable bonds is 5. The van der Waals surface area contributed by atoms with E-state index in [4.69, 9.17) is 8.83 Å². The van der Waals surface area contributed by atoms with Crippen LogP contribution in [0.5, 0.6) is 0 Å². The minimum absolute atomic E-state index is 0.453. The van der Waals surface area contributed by atoms with E-state index >= 15 is 0 Å². The predicted octanol–water partition coefficient (Wildman–Crippen LogP) is 4.87. The molecule has 2 aromatic carbocycles. The maximum absolute atomic E-state index is 5.79. The Morgan fingerprint density at radius 1 is 0.893 bits per heavy atom. The van der Waals surface area contributed by atoms with E-state index in [0.717, 1.165) is 22.0 Å². The highest BCUT2D eigenvalue weighted by atomic mass is 32.2. The second kappa shape index (κ2) is 6.97. The second-order valence-electron chi connectivity index (χ2n) is 6.28. The average Bonchev–Trinajstić information content (AvgIpc) is 3.46. The SMILES string of the molecule is Cc1ccc(-c2nnc(CSc3nnc(-c4c[nH]c5ccccc45)o3)o2)cc1. The predicted molar refractivity (Wildman–Crippen MR) is 106 cm³/mol. The number of aryl methyl sites for hydroxylation is 1. The van der Waals surface area contributed by atoms with Crippen LogP contribution in [0.3, 0.4) is 0 Å². The minimum atomic E-state index is 0.453. The van der Waals surface area contributed by atoms with Gasteiger partial charge < -0.3 is 13.8 Å². The minimum Gasteiger partial charge on any atom is -0.420 e. The molecule has 5 aromatic rings. The molecule has 0 unspecified atom stereocenters. The number of benzene rings is 2. The zero-order valence-corrected chi connectivity index (χ0v) is 15.7. The van der Waals surface area contributed by atoms with E-state index in [1.807, 2.05) is 61.7 Å². The van der Waals surface area contributed by atoms with Crippen LogP contribution in [-0.4, -0.2) is 25.4 Å². The van der Waals surface area contributed by atoms with Gasteiger partial charge in [-0.2, -0.15) is 0 Å². The van der Waals surface area contributed by atoms with Crippen molar-refractivity contribution in [2.45, 2.75) is 17.9 Å².